The van der Waals surface area contributed by atoms with Gasteiger partial charge in [0.05, 0.1) is 0 Å². The molecule has 0 radical (unpaired) electrons. The SMILES string of the molecule is [Pt+2].[c-]1c(Oc2[c-]c(-c3cc(-c4ccccc4)ccn3)c3ncccc3c2)cc2cccnc2c1-c1cc(-c2ccccc2)ccn1. The maximum Gasteiger partial charge on any atom is 2.00 e. The molecule has 0 fully saturated rings. The number of fused-ring (bicyclic) bond motifs is 2. The first kappa shape index (κ1) is 29.2. The fourth-order valence-electron chi connectivity index (χ4n) is 5.56. The van der Waals surface area contributed by atoms with Crippen molar-refractivity contribution < 1.29 is 25.8 Å². The van der Waals surface area contributed by atoms with E-state index in [1.807, 2.05) is 97.3 Å². The van der Waals surface area contributed by atoms with E-state index in [0.29, 0.717) is 11.5 Å². The molecule has 0 amide bonds. The molecule has 0 N–H and O–H groups in total. The molecule has 0 atom stereocenters. The van der Waals surface area contributed by atoms with Crippen LogP contribution in [0.2, 0.25) is 0 Å². The Balaban J connectivity index is 0.00000338. The van der Waals surface area contributed by atoms with E-state index in [0.717, 1.165) is 66.6 Å². The fourth-order valence-corrected chi connectivity index (χ4v) is 5.56. The van der Waals surface area contributed by atoms with Crippen LogP contribution in [0.4, 0.5) is 0 Å². The van der Waals surface area contributed by atoms with Crippen molar-refractivity contribution >= 4 is 21.8 Å². The molecule has 8 rings (SSSR count). The molecule has 0 aliphatic rings. The minimum atomic E-state index is 0. The molecule has 0 saturated heterocycles. The summed E-state index contributed by atoms with van der Waals surface area (Å²) < 4.78 is 6.53. The van der Waals surface area contributed by atoms with Gasteiger partial charge in [0.2, 0.25) is 0 Å². The average molecular weight is 772 g/mol. The van der Waals surface area contributed by atoms with Gasteiger partial charge in [-0.15, -0.1) is 0 Å². The van der Waals surface area contributed by atoms with Crippen LogP contribution in [0.3, 0.4) is 0 Å². The van der Waals surface area contributed by atoms with E-state index >= 15 is 0 Å². The van der Waals surface area contributed by atoms with Crippen LogP contribution in [0.25, 0.3) is 66.6 Å². The maximum absolute atomic E-state index is 6.53. The van der Waals surface area contributed by atoms with Gasteiger partial charge in [-0.05, 0) is 68.9 Å². The van der Waals surface area contributed by atoms with Gasteiger partial charge in [0.15, 0.2) is 0 Å². The Morgan fingerprint density at radius 1 is 0.413 bits per heavy atom. The Bertz CT molecular complexity index is 2150. The van der Waals surface area contributed by atoms with Crippen molar-refractivity contribution in [3.05, 3.63) is 158 Å². The standard InChI is InChI=1S/C40H24N4O.Pt/c1-3-9-27(10-4-1)29-15-19-41-37(23-29)35-25-33(21-31-13-7-17-43-39(31)35)45-34-22-32-14-8-18-44-40(32)36(26-34)38-24-30(16-20-42-38)28-11-5-2-6-12-28;/h1-24H;/q-2;+2. The molecule has 220 valence electrons. The first-order valence-corrected chi connectivity index (χ1v) is 14.6. The van der Waals surface area contributed by atoms with Gasteiger partial charge in [-0.3, -0.25) is 0 Å². The quantitative estimate of drug-likeness (QED) is 0.158. The molecule has 5 nitrogen and oxygen atoms in total. The molecule has 6 heteroatoms. The van der Waals surface area contributed by atoms with E-state index in [1.165, 1.54) is 0 Å². The number of pyridine rings is 4. The van der Waals surface area contributed by atoms with Crippen molar-refractivity contribution in [1.82, 2.24) is 19.9 Å². The Kier molecular flexibility index (Phi) is 8.16. The zero-order valence-electron chi connectivity index (χ0n) is 24.4. The van der Waals surface area contributed by atoms with E-state index < -0.39 is 0 Å². The van der Waals surface area contributed by atoms with Crippen LogP contribution in [0, 0.1) is 12.1 Å². The van der Waals surface area contributed by atoms with Gasteiger partial charge in [-0.1, -0.05) is 131 Å². The summed E-state index contributed by atoms with van der Waals surface area (Å²) in [6.07, 6.45) is 7.21. The van der Waals surface area contributed by atoms with Gasteiger partial charge in [-0.2, -0.15) is 0 Å². The van der Waals surface area contributed by atoms with Crippen LogP contribution < -0.4 is 4.74 Å². The number of rotatable bonds is 6. The molecule has 4 aromatic carbocycles. The molecular weight excluding hydrogens is 748 g/mol. The molecule has 4 aromatic heterocycles. The number of nitrogens with zero attached hydrogens (tertiary/aromatic N) is 4. The van der Waals surface area contributed by atoms with Crippen molar-refractivity contribution in [3.63, 3.8) is 0 Å². The van der Waals surface area contributed by atoms with Crippen LogP contribution in [-0.4, -0.2) is 19.9 Å². The summed E-state index contributed by atoms with van der Waals surface area (Å²) in [4.78, 5) is 18.8. The van der Waals surface area contributed by atoms with Crippen molar-refractivity contribution in [2.24, 2.45) is 0 Å². The zero-order chi connectivity index (χ0) is 30.0. The van der Waals surface area contributed by atoms with Crippen molar-refractivity contribution in [2.75, 3.05) is 0 Å². The molecule has 0 spiro atoms. The topological polar surface area (TPSA) is 60.8 Å². The molecule has 0 aliphatic carbocycles. The largest absolute Gasteiger partial charge is 2.00 e. The second-order valence-corrected chi connectivity index (χ2v) is 10.6. The van der Waals surface area contributed by atoms with E-state index in [9.17, 15) is 0 Å². The predicted molar refractivity (Wildman–Crippen MR) is 179 cm³/mol. The van der Waals surface area contributed by atoms with E-state index in [2.05, 4.69) is 58.5 Å². The van der Waals surface area contributed by atoms with Crippen molar-refractivity contribution in [3.8, 4) is 56.3 Å². The zero-order valence-corrected chi connectivity index (χ0v) is 26.6. The van der Waals surface area contributed by atoms with E-state index in [-0.39, 0.29) is 21.1 Å². The minimum Gasteiger partial charge on any atom is -0.497 e. The van der Waals surface area contributed by atoms with Crippen LogP contribution in [0.15, 0.2) is 146 Å². The third-order valence-corrected chi connectivity index (χ3v) is 7.69. The molecule has 8 aromatic rings. The molecule has 0 unspecified atom stereocenters. The van der Waals surface area contributed by atoms with Crippen molar-refractivity contribution in [1.29, 1.82) is 0 Å². The first-order chi connectivity index (χ1) is 22.3. The summed E-state index contributed by atoms with van der Waals surface area (Å²) in [5, 5.41) is 1.85. The summed E-state index contributed by atoms with van der Waals surface area (Å²) in [6.45, 7) is 0. The molecule has 0 aliphatic heterocycles. The smallest absolute Gasteiger partial charge is 0.497 e. The van der Waals surface area contributed by atoms with Crippen LogP contribution in [-0.2, 0) is 21.1 Å². The summed E-state index contributed by atoms with van der Waals surface area (Å²) in [5.41, 5.74) is 9.02. The monoisotopic (exact) mass is 771 g/mol. The fraction of sp³-hybridized carbons (Fsp3) is 0. The number of aromatic nitrogens is 4. The summed E-state index contributed by atoms with van der Waals surface area (Å²) in [5.74, 6) is 1.07. The second kappa shape index (κ2) is 12.8. The molecule has 4 heterocycles. The number of ether oxygens (including phenoxy) is 1. The van der Waals surface area contributed by atoms with Crippen LogP contribution in [0.1, 0.15) is 0 Å². The van der Waals surface area contributed by atoms with Crippen molar-refractivity contribution in [2.45, 2.75) is 0 Å². The number of benzene rings is 4. The van der Waals surface area contributed by atoms with Gasteiger partial charge >= 0.3 is 21.1 Å². The van der Waals surface area contributed by atoms with Crippen LogP contribution in [0.5, 0.6) is 11.5 Å². The molecule has 0 saturated carbocycles. The normalized spacial score (nSPS) is 10.9. The van der Waals surface area contributed by atoms with E-state index in [1.54, 1.807) is 12.4 Å². The van der Waals surface area contributed by atoms with Gasteiger partial charge in [-0.25, -0.2) is 0 Å². The first-order valence-electron chi connectivity index (χ1n) is 14.6. The summed E-state index contributed by atoms with van der Waals surface area (Å²) in [6, 6.07) is 47.4. The third kappa shape index (κ3) is 5.81. The van der Waals surface area contributed by atoms with Crippen LogP contribution >= 0.6 is 0 Å². The molecular formula is C40H24N4OPt. The predicted octanol–water partition coefficient (Wildman–Crippen LogP) is 9.63. The number of hydrogen-bond donors (Lipinski definition) is 0. The summed E-state index contributed by atoms with van der Waals surface area (Å²) >= 11 is 0. The Labute approximate surface area is 280 Å². The van der Waals surface area contributed by atoms with Gasteiger partial charge in [0, 0.05) is 36.3 Å². The van der Waals surface area contributed by atoms with Gasteiger partial charge < -0.3 is 24.7 Å². The van der Waals surface area contributed by atoms with E-state index in [4.69, 9.17) is 14.7 Å². The third-order valence-electron chi connectivity index (χ3n) is 7.69. The Morgan fingerprint density at radius 3 is 1.33 bits per heavy atom. The average Bonchev–Trinajstić information content (AvgIpc) is 3.12. The molecule has 0 bridgehead atoms. The Morgan fingerprint density at radius 2 is 0.870 bits per heavy atom. The molecule has 46 heavy (non-hydrogen) atoms. The second-order valence-electron chi connectivity index (χ2n) is 10.6. The number of hydrogen-bond acceptors (Lipinski definition) is 5. The Hall–Kier alpha value is -5.51. The minimum absolute atomic E-state index is 0. The maximum atomic E-state index is 6.53. The summed E-state index contributed by atoms with van der Waals surface area (Å²) in [7, 11) is 0. The van der Waals surface area contributed by atoms with Gasteiger partial charge in [0.1, 0.15) is 0 Å². The van der Waals surface area contributed by atoms with Gasteiger partial charge in [0.25, 0.3) is 0 Å².